The number of aromatic nitrogens is 1. The molecule has 3 aliphatic rings. The van der Waals surface area contributed by atoms with Crippen LogP contribution in [0.25, 0.3) is 10.2 Å². The van der Waals surface area contributed by atoms with E-state index >= 15 is 0 Å². The Kier molecular flexibility index (Phi) is 4.77. The van der Waals surface area contributed by atoms with Crippen molar-refractivity contribution in [3.05, 3.63) is 64.7 Å². The molecule has 0 unspecified atom stereocenters. The molecule has 3 amide bonds. The number of benzene rings is 2. The maximum atomic E-state index is 13.5. The molecule has 0 saturated carbocycles. The highest BCUT2D eigenvalue weighted by atomic mass is 32.1. The van der Waals surface area contributed by atoms with Crippen LogP contribution in [-0.2, 0) is 16.8 Å². The van der Waals surface area contributed by atoms with E-state index in [0.29, 0.717) is 19.0 Å². The van der Waals surface area contributed by atoms with Crippen LogP contribution in [0.3, 0.4) is 0 Å². The molecule has 2 aromatic carbocycles. The monoisotopic (exact) mass is 446 g/mol. The van der Waals surface area contributed by atoms with Crippen molar-refractivity contribution in [2.24, 2.45) is 0 Å². The summed E-state index contributed by atoms with van der Waals surface area (Å²) in [5, 5.41) is 4.27. The average molecular weight is 447 g/mol. The molecule has 6 nitrogen and oxygen atoms in total. The van der Waals surface area contributed by atoms with E-state index in [4.69, 9.17) is 4.98 Å². The fraction of sp³-hybridized carbons (Fsp3) is 0.400. The third-order valence-electron chi connectivity index (χ3n) is 7.24. The minimum Gasteiger partial charge on any atom is -0.319 e. The zero-order valence-electron chi connectivity index (χ0n) is 17.9. The van der Waals surface area contributed by atoms with Crippen molar-refractivity contribution in [3.63, 3.8) is 0 Å². The number of thiazole rings is 1. The number of hydrogen-bond donors (Lipinski definition) is 1. The number of nitrogens with one attached hydrogen (secondary N) is 1. The van der Waals surface area contributed by atoms with E-state index in [1.54, 1.807) is 11.3 Å². The zero-order chi connectivity index (χ0) is 21.7. The number of nitrogens with zero attached hydrogens (tertiary/aromatic N) is 3. The van der Waals surface area contributed by atoms with Crippen LogP contribution in [0.2, 0.25) is 0 Å². The summed E-state index contributed by atoms with van der Waals surface area (Å²) in [6.07, 6.45) is 4.53. The van der Waals surface area contributed by atoms with Crippen LogP contribution in [0, 0.1) is 0 Å². The van der Waals surface area contributed by atoms with Crippen LogP contribution in [0.5, 0.6) is 0 Å². The molecule has 164 valence electrons. The number of imide groups is 1. The first kappa shape index (κ1) is 19.9. The van der Waals surface area contributed by atoms with Gasteiger partial charge in [0, 0.05) is 19.0 Å². The van der Waals surface area contributed by atoms with Crippen molar-refractivity contribution in [2.75, 3.05) is 19.8 Å². The van der Waals surface area contributed by atoms with Crippen molar-refractivity contribution in [1.29, 1.82) is 0 Å². The van der Waals surface area contributed by atoms with Crippen molar-refractivity contribution in [1.82, 2.24) is 20.1 Å². The largest absolute Gasteiger partial charge is 0.326 e. The number of para-hydroxylation sites is 1. The van der Waals surface area contributed by atoms with Gasteiger partial charge in [-0.1, -0.05) is 36.4 Å². The summed E-state index contributed by atoms with van der Waals surface area (Å²) in [5.74, 6) is 0.353. The summed E-state index contributed by atoms with van der Waals surface area (Å²) in [7, 11) is 0. The molecular weight excluding hydrogens is 420 g/mol. The highest BCUT2D eigenvalue weighted by Crippen LogP contribution is 2.40. The Bertz CT molecular complexity index is 1170. The summed E-state index contributed by atoms with van der Waals surface area (Å²) in [4.78, 5) is 34.9. The Balaban J connectivity index is 1.15. The summed E-state index contributed by atoms with van der Waals surface area (Å²) in [6.45, 7) is 2.09. The van der Waals surface area contributed by atoms with E-state index < -0.39 is 5.54 Å². The molecule has 1 aliphatic carbocycles. The van der Waals surface area contributed by atoms with Crippen LogP contribution in [0.4, 0.5) is 4.79 Å². The van der Waals surface area contributed by atoms with Crippen molar-refractivity contribution in [3.8, 4) is 0 Å². The molecule has 0 bridgehead atoms. The van der Waals surface area contributed by atoms with Gasteiger partial charge >= 0.3 is 6.03 Å². The normalized spacial score (nSPS) is 24.3. The van der Waals surface area contributed by atoms with Gasteiger partial charge in [-0.2, -0.15) is 0 Å². The van der Waals surface area contributed by atoms with Crippen molar-refractivity contribution < 1.29 is 9.59 Å². The lowest BCUT2D eigenvalue weighted by molar-refractivity contribution is -0.133. The summed E-state index contributed by atoms with van der Waals surface area (Å²) in [6, 6.07) is 16.1. The molecule has 1 aromatic heterocycles. The van der Waals surface area contributed by atoms with Crippen LogP contribution < -0.4 is 5.32 Å². The van der Waals surface area contributed by atoms with E-state index in [1.165, 1.54) is 20.2 Å². The maximum absolute atomic E-state index is 13.5. The van der Waals surface area contributed by atoms with Gasteiger partial charge in [-0.15, -0.1) is 11.3 Å². The number of piperidine rings is 1. The topological polar surface area (TPSA) is 65.5 Å². The van der Waals surface area contributed by atoms with E-state index in [-0.39, 0.29) is 11.9 Å². The predicted molar refractivity (Wildman–Crippen MR) is 124 cm³/mol. The number of rotatable bonds is 3. The van der Waals surface area contributed by atoms with Gasteiger partial charge in [-0.3, -0.25) is 9.69 Å². The molecule has 2 fully saturated rings. The zero-order valence-corrected chi connectivity index (χ0v) is 18.7. The molecule has 1 spiro atoms. The first-order chi connectivity index (χ1) is 15.6. The number of carbonyl (C=O) groups excluding carboxylic acids is 2. The average Bonchev–Trinajstić information content (AvgIpc) is 3.35. The minimum absolute atomic E-state index is 0.0945. The number of hydrogen-bond acceptors (Lipinski definition) is 5. The molecule has 1 atom stereocenters. The van der Waals surface area contributed by atoms with E-state index in [2.05, 4.69) is 34.5 Å². The summed E-state index contributed by atoms with van der Waals surface area (Å²) < 4.78 is 1.24. The third kappa shape index (κ3) is 3.14. The molecule has 32 heavy (non-hydrogen) atoms. The van der Waals surface area contributed by atoms with Gasteiger partial charge in [0.1, 0.15) is 5.54 Å². The standard InChI is InChI=1S/C25H26N4O2S/c30-23-25(13-5-7-17-6-1-2-8-19(17)25)27-24(31)29(23)16-28-14-11-18(12-15-28)22-26-20-9-3-4-10-21(20)32-22/h1-4,6,8-10,18H,5,7,11-16H2,(H,27,31)/t25-/m1/s1. The number of amides is 3. The van der Waals surface area contributed by atoms with Gasteiger partial charge in [-0.25, -0.2) is 14.7 Å². The molecule has 3 aromatic rings. The first-order valence-corrected chi connectivity index (χ1v) is 12.3. The Morgan fingerprint density at radius 3 is 2.69 bits per heavy atom. The number of aryl methyl sites for hydroxylation is 1. The maximum Gasteiger partial charge on any atom is 0.326 e. The molecule has 2 saturated heterocycles. The Morgan fingerprint density at radius 2 is 1.84 bits per heavy atom. The second-order valence-electron chi connectivity index (χ2n) is 9.13. The fourth-order valence-electron chi connectivity index (χ4n) is 5.53. The summed E-state index contributed by atoms with van der Waals surface area (Å²) in [5.41, 5.74) is 2.34. The fourth-order valence-corrected chi connectivity index (χ4v) is 6.66. The van der Waals surface area contributed by atoms with Crippen LogP contribution in [-0.4, -0.2) is 46.5 Å². The second kappa shape index (κ2) is 7.67. The van der Waals surface area contributed by atoms with Gasteiger partial charge in [0.25, 0.3) is 5.91 Å². The smallest absolute Gasteiger partial charge is 0.319 e. The quantitative estimate of drug-likeness (QED) is 0.612. The van der Waals surface area contributed by atoms with Gasteiger partial charge in [-0.05, 0) is 55.4 Å². The lowest BCUT2D eigenvalue weighted by Gasteiger charge is -2.35. The SMILES string of the molecule is O=C1N[C@@]2(CCCc3ccccc32)C(=O)N1CN1CCC(c2nc3ccccc3s2)CC1. The Morgan fingerprint density at radius 1 is 1.06 bits per heavy atom. The third-order valence-corrected chi connectivity index (χ3v) is 8.44. The molecule has 7 heteroatoms. The van der Waals surface area contributed by atoms with Gasteiger partial charge in [0.15, 0.2) is 0 Å². The number of urea groups is 1. The molecule has 0 radical (unpaired) electrons. The highest BCUT2D eigenvalue weighted by molar-refractivity contribution is 7.18. The molecule has 6 rings (SSSR count). The minimum atomic E-state index is -0.884. The van der Waals surface area contributed by atoms with E-state index in [9.17, 15) is 9.59 Å². The lowest BCUT2D eigenvalue weighted by Crippen LogP contribution is -2.48. The van der Waals surface area contributed by atoms with Gasteiger partial charge in [0.2, 0.25) is 0 Å². The van der Waals surface area contributed by atoms with E-state index in [0.717, 1.165) is 49.9 Å². The van der Waals surface area contributed by atoms with Crippen LogP contribution >= 0.6 is 11.3 Å². The predicted octanol–water partition coefficient (Wildman–Crippen LogP) is 4.22. The molecule has 1 N–H and O–H groups in total. The van der Waals surface area contributed by atoms with Gasteiger partial charge in [0.05, 0.1) is 21.9 Å². The number of fused-ring (bicyclic) bond motifs is 3. The first-order valence-electron chi connectivity index (χ1n) is 11.4. The van der Waals surface area contributed by atoms with Crippen molar-refractivity contribution >= 4 is 33.5 Å². The molecule has 3 heterocycles. The Hall–Kier alpha value is -2.77. The van der Waals surface area contributed by atoms with Crippen LogP contribution in [0.1, 0.15) is 47.7 Å². The van der Waals surface area contributed by atoms with Gasteiger partial charge < -0.3 is 5.32 Å². The Labute approximate surface area is 191 Å². The summed E-state index contributed by atoms with van der Waals surface area (Å²) >= 11 is 1.79. The number of likely N-dealkylation sites (tertiary alicyclic amines) is 1. The van der Waals surface area contributed by atoms with Crippen LogP contribution in [0.15, 0.2) is 48.5 Å². The van der Waals surface area contributed by atoms with E-state index in [1.807, 2.05) is 24.3 Å². The second-order valence-corrected chi connectivity index (χ2v) is 10.2. The molecule has 2 aliphatic heterocycles. The molecular formula is C25H26N4O2S. The lowest BCUT2D eigenvalue weighted by atomic mass is 9.76. The highest BCUT2D eigenvalue weighted by Gasteiger charge is 2.54. The van der Waals surface area contributed by atoms with Crippen molar-refractivity contribution in [2.45, 2.75) is 43.6 Å². The number of carbonyl (C=O) groups is 2.